The van der Waals surface area contributed by atoms with Gasteiger partial charge in [0.05, 0.1) is 22.0 Å². The van der Waals surface area contributed by atoms with Crippen LogP contribution in [0.3, 0.4) is 0 Å². The summed E-state index contributed by atoms with van der Waals surface area (Å²) in [5.41, 5.74) is -4.74. The number of nitro groups is 2. The number of hydrogen-bond donors (Lipinski definition) is 1. The van der Waals surface area contributed by atoms with Crippen LogP contribution in [0.4, 0.5) is 30.2 Å². The molecule has 122 valence electrons. The van der Waals surface area contributed by atoms with Crippen LogP contribution >= 0.6 is 11.6 Å². The van der Waals surface area contributed by atoms with E-state index in [1.807, 2.05) is 0 Å². The van der Waals surface area contributed by atoms with E-state index in [1.54, 1.807) is 0 Å². The molecule has 0 aliphatic rings. The molecule has 1 rings (SSSR count). The zero-order chi connectivity index (χ0) is 17.2. The summed E-state index contributed by atoms with van der Waals surface area (Å²) in [6.07, 6.45) is -5.10. The van der Waals surface area contributed by atoms with Crippen LogP contribution in [0.5, 0.6) is 0 Å². The first kappa shape index (κ1) is 17.9. The van der Waals surface area contributed by atoms with Crippen LogP contribution in [-0.4, -0.2) is 35.2 Å². The van der Waals surface area contributed by atoms with Gasteiger partial charge in [0.15, 0.2) is 5.69 Å². The number of nitro benzene ring substituents is 2. The van der Waals surface area contributed by atoms with E-state index >= 15 is 0 Å². The fraction of sp³-hybridized carbons (Fsp3) is 0.400. The molecule has 0 saturated heterocycles. The summed E-state index contributed by atoms with van der Waals surface area (Å²) < 4.78 is 38.5. The Kier molecular flexibility index (Phi) is 5.14. The Morgan fingerprint density at radius 1 is 1.32 bits per heavy atom. The van der Waals surface area contributed by atoms with Crippen molar-refractivity contribution < 1.29 is 28.1 Å². The van der Waals surface area contributed by atoms with Gasteiger partial charge in [-0.2, -0.15) is 13.2 Å². The summed E-state index contributed by atoms with van der Waals surface area (Å²) in [5, 5.41) is 29.6. The summed E-state index contributed by atoms with van der Waals surface area (Å²) in [5.74, 6) is 0. The lowest BCUT2D eigenvalue weighted by atomic mass is 10.1. The fourth-order valence-corrected chi connectivity index (χ4v) is 2.09. The number of anilines is 1. The summed E-state index contributed by atoms with van der Waals surface area (Å²) in [7, 11) is 1.15. The molecular weight excluding hydrogens is 335 g/mol. The standard InChI is InChI=1S/C10H9ClF3N3O5/c1-15(2-3-18)8-6(16(19)20)4-5(10(12,13)14)7(11)9(8)17(21)22/h4,18H,2-3H2,1H3. The van der Waals surface area contributed by atoms with Gasteiger partial charge in [-0.25, -0.2) is 0 Å². The molecule has 12 heteroatoms. The van der Waals surface area contributed by atoms with E-state index in [2.05, 4.69) is 0 Å². The summed E-state index contributed by atoms with van der Waals surface area (Å²) >= 11 is 5.44. The monoisotopic (exact) mass is 343 g/mol. The molecule has 0 aliphatic heterocycles. The number of halogens is 4. The van der Waals surface area contributed by atoms with Crippen molar-refractivity contribution in [2.24, 2.45) is 0 Å². The van der Waals surface area contributed by atoms with Crippen molar-refractivity contribution in [2.45, 2.75) is 6.18 Å². The molecule has 22 heavy (non-hydrogen) atoms. The number of benzene rings is 1. The van der Waals surface area contributed by atoms with Crippen LogP contribution in [0.15, 0.2) is 6.07 Å². The van der Waals surface area contributed by atoms with Crippen LogP contribution in [0, 0.1) is 20.2 Å². The Hall–Kier alpha value is -2.14. The van der Waals surface area contributed by atoms with E-state index in [4.69, 9.17) is 16.7 Å². The highest BCUT2D eigenvalue weighted by molar-refractivity contribution is 6.34. The first-order chi connectivity index (χ1) is 10.0. The number of nitrogens with zero attached hydrogens (tertiary/aromatic N) is 3. The minimum absolute atomic E-state index is 0.137. The van der Waals surface area contributed by atoms with Crippen LogP contribution in [0.25, 0.3) is 0 Å². The molecule has 1 N–H and O–H groups in total. The van der Waals surface area contributed by atoms with Gasteiger partial charge in [-0.3, -0.25) is 20.2 Å². The number of likely N-dealkylation sites (N-methyl/N-ethyl adjacent to an activating group) is 1. The normalized spacial score (nSPS) is 11.4. The van der Waals surface area contributed by atoms with E-state index in [0.29, 0.717) is 0 Å². The third kappa shape index (κ3) is 3.36. The molecule has 0 spiro atoms. The largest absolute Gasteiger partial charge is 0.418 e. The highest BCUT2D eigenvalue weighted by atomic mass is 35.5. The van der Waals surface area contributed by atoms with Gasteiger partial charge >= 0.3 is 11.9 Å². The highest BCUT2D eigenvalue weighted by Crippen LogP contribution is 2.48. The summed E-state index contributed by atoms with van der Waals surface area (Å²) in [6.45, 7) is -0.799. The molecular formula is C10H9ClF3N3O5. The number of alkyl halides is 3. The average molecular weight is 344 g/mol. The SMILES string of the molecule is CN(CCO)c1c([N+](=O)[O-])cc(C(F)(F)F)c(Cl)c1[N+](=O)[O-]. The maximum absolute atomic E-state index is 12.8. The van der Waals surface area contributed by atoms with Crippen molar-refractivity contribution in [3.63, 3.8) is 0 Å². The first-order valence-electron chi connectivity index (χ1n) is 5.56. The third-order valence-corrected chi connectivity index (χ3v) is 3.08. The quantitative estimate of drug-likeness (QED) is 0.650. The average Bonchev–Trinajstić information content (AvgIpc) is 2.35. The smallest absolute Gasteiger partial charge is 0.395 e. The van der Waals surface area contributed by atoms with Crippen molar-refractivity contribution in [3.05, 3.63) is 36.9 Å². The predicted molar refractivity (Wildman–Crippen MR) is 70.1 cm³/mol. The van der Waals surface area contributed by atoms with Crippen molar-refractivity contribution in [1.29, 1.82) is 0 Å². The Labute approximate surface area is 126 Å². The molecule has 1 aromatic carbocycles. The molecule has 0 amide bonds. The number of rotatable bonds is 5. The lowest BCUT2D eigenvalue weighted by Gasteiger charge is -2.19. The van der Waals surface area contributed by atoms with Crippen LogP contribution in [-0.2, 0) is 6.18 Å². The van der Waals surface area contributed by atoms with Crippen molar-refractivity contribution in [1.82, 2.24) is 0 Å². The molecule has 0 atom stereocenters. The van der Waals surface area contributed by atoms with Gasteiger partial charge in [0.25, 0.3) is 5.69 Å². The van der Waals surface area contributed by atoms with E-state index in [0.717, 1.165) is 11.9 Å². The van der Waals surface area contributed by atoms with E-state index in [1.165, 1.54) is 0 Å². The number of aliphatic hydroxyl groups is 1. The minimum atomic E-state index is -5.10. The Morgan fingerprint density at radius 2 is 1.86 bits per heavy atom. The maximum Gasteiger partial charge on any atom is 0.418 e. The summed E-state index contributed by atoms with van der Waals surface area (Å²) in [4.78, 5) is 20.5. The maximum atomic E-state index is 12.8. The first-order valence-corrected chi connectivity index (χ1v) is 5.94. The van der Waals surface area contributed by atoms with Crippen LogP contribution in [0.2, 0.25) is 5.02 Å². The zero-order valence-corrected chi connectivity index (χ0v) is 11.7. The molecule has 8 nitrogen and oxygen atoms in total. The van der Waals surface area contributed by atoms with E-state index in [9.17, 15) is 33.4 Å². The summed E-state index contributed by atoms with van der Waals surface area (Å²) in [6, 6.07) is 0.137. The highest BCUT2D eigenvalue weighted by Gasteiger charge is 2.42. The van der Waals surface area contributed by atoms with Crippen molar-refractivity contribution >= 4 is 28.7 Å². The lowest BCUT2D eigenvalue weighted by molar-refractivity contribution is -0.392. The van der Waals surface area contributed by atoms with Gasteiger partial charge in [-0.1, -0.05) is 11.6 Å². The lowest BCUT2D eigenvalue weighted by Crippen LogP contribution is -2.24. The molecule has 0 fully saturated rings. The van der Waals surface area contributed by atoms with Gasteiger partial charge in [-0.15, -0.1) is 0 Å². The third-order valence-electron chi connectivity index (χ3n) is 2.69. The van der Waals surface area contributed by atoms with Gasteiger partial charge in [0.1, 0.15) is 5.02 Å². The fourth-order valence-electron chi connectivity index (χ4n) is 1.77. The molecule has 0 aromatic heterocycles. The molecule has 0 heterocycles. The van der Waals surface area contributed by atoms with E-state index < -0.39 is 50.3 Å². The molecule has 0 unspecified atom stereocenters. The van der Waals surface area contributed by atoms with E-state index in [-0.39, 0.29) is 12.6 Å². The number of hydrogen-bond acceptors (Lipinski definition) is 6. The van der Waals surface area contributed by atoms with Crippen molar-refractivity contribution in [3.8, 4) is 0 Å². The van der Waals surface area contributed by atoms with Gasteiger partial charge < -0.3 is 10.0 Å². The molecule has 0 radical (unpaired) electrons. The molecule has 1 aromatic rings. The van der Waals surface area contributed by atoms with Gasteiger partial charge in [-0.05, 0) is 0 Å². The Bertz CT molecular complexity index is 623. The molecule has 0 saturated carbocycles. The molecule has 0 bridgehead atoms. The second kappa shape index (κ2) is 6.32. The predicted octanol–water partition coefficient (Wildman–Crippen LogP) is 2.60. The Morgan fingerprint density at radius 3 is 2.23 bits per heavy atom. The van der Waals surface area contributed by atoms with Crippen molar-refractivity contribution in [2.75, 3.05) is 25.1 Å². The second-order valence-electron chi connectivity index (χ2n) is 4.11. The minimum Gasteiger partial charge on any atom is -0.395 e. The van der Waals surface area contributed by atoms with Gasteiger partial charge in [0.2, 0.25) is 0 Å². The van der Waals surface area contributed by atoms with Crippen LogP contribution in [0.1, 0.15) is 5.56 Å². The second-order valence-corrected chi connectivity index (χ2v) is 4.49. The number of aliphatic hydroxyl groups excluding tert-OH is 1. The van der Waals surface area contributed by atoms with Crippen LogP contribution < -0.4 is 4.90 Å². The topological polar surface area (TPSA) is 110 Å². The zero-order valence-electron chi connectivity index (χ0n) is 10.9. The molecule has 0 aliphatic carbocycles. The van der Waals surface area contributed by atoms with Gasteiger partial charge in [0, 0.05) is 19.7 Å². The Balaban J connectivity index is 3.85.